The zero-order valence-electron chi connectivity index (χ0n) is 12.7. The highest BCUT2D eigenvalue weighted by Crippen LogP contribution is 2.39. The molecule has 0 unspecified atom stereocenters. The molecule has 7 nitrogen and oxygen atoms in total. The number of H-pyrrole nitrogens is 1. The molecule has 0 bridgehead atoms. The second kappa shape index (κ2) is 6.00. The molecule has 22 heavy (non-hydrogen) atoms. The Morgan fingerprint density at radius 3 is 2.64 bits per heavy atom. The van der Waals surface area contributed by atoms with Gasteiger partial charge in [-0.1, -0.05) is 0 Å². The Labute approximate surface area is 130 Å². The Morgan fingerprint density at radius 2 is 2.05 bits per heavy atom. The third-order valence-electron chi connectivity index (χ3n) is 4.45. The van der Waals surface area contributed by atoms with Crippen LogP contribution in [0.2, 0.25) is 0 Å². The van der Waals surface area contributed by atoms with Gasteiger partial charge in [0.1, 0.15) is 0 Å². The number of aromatic amines is 1. The number of anilines is 1. The fourth-order valence-electron chi connectivity index (χ4n) is 2.81. The molecule has 0 spiro atoms. The molecule has 1 saturated heterocycles. The molecule has 2 heterocycles. The van der Waals surface area contributed by atoms with Crippen molar-refractivity contribution in [3.63, 3.8) is 0 Å². The molecule has 1 aromatic rings. The summed E-state index contributed by atoms with van der Waals surface area (Å²) in [7, 11) is -3.14. The summed E-state index contributed by atoms with van der Waals surface area (Å²) in [5, 5.41) is 9.91. The summed E-state index contributed by atoms with van der Waals surface area (Å²) in [6, 6.07) is 1.90. The van der Waals surface area contributed by atoms with Gasteiger partial charge in [0.25, 0.3) is 0 Å². The largest absolute Gasteiger partial charge is 0.309 e. The maximum absolute atomic E-state index is 12.3. The molecule has 1 aromatic heterocycles. The van der Waals surface area contributed by atoms with Crippen molar-refractivity contribution in [2.24, 2.45) is 5.92 Å². The molecule has 0 radical (unpaired) electrons. The van der Waals surface area contributed by atoms with Crippen LogP contribution in [0.15, 0.2) is 6.07 Å². The molecular formula is C14H22N4O3S. The van der Waals surface area contributed by atoms with Crippen LogP contribution in [0.25, 0.3) is 0 Å². The summed E-state index contributed by atoms with van der Waals surface area (Å²) >= 11 is 0. The minimum absolute atomic E-state index is 0.0672. The van der Waals surface area contributed by atoms with Crippen molar-refractivity contribution >= 4 is 21.7 Å². The lowest BCUT2D eigenvalue weighted by atomic mass is 9.97. The van der Waals surface area contributed by atoms with Crippen molar-refractivity contribution in [1.82, 2.24) is 14.5 Å². The van der Waals surface area contributed by atoms with Gasteiger partial charge in [-0.05, 0) is 32.6 Å². The average molecular weight is 326 g/mol. The van der Waals surface area contributed by atoms with Crippen molar-refractivity contribution < 1.29 is 13.2 Å². The summed E-state index contributed by atoms with van der Waals surface area (Å²) in [5.74, 6) is 1.03. The van der Waals surface area contributed by atoms with Crippen LogP contribution >= 0.6 is 0 Å². The van der Waals surface area contributed by atoms with E-state index in [-0.39, 0.29) is 17.6 Å². The van der Waals surface area contributed by atoms with Crippen LogP contribution in [-0.2, 0) is 14.8 Å². The lowest BCUT2D eigenvalue weighted by Crippen LogP contribution is -2.42. The maximum atomic E-state index is 12.3. The molecule has 1 aliphatic heterocycles. The summed E-state index contributed by atoms with van der Waals surface area (Å²) in [5.41, 5.74) is 1.08. The van der Waals surface area contributed by atoms with E-state index in [4.69, 9.17) is 0 Å². The summed E-state index contributed by atoms with van der Waals surface area (Å²) in [6.07, 6.45) is 3.48. The van der Waals surface area contributed by atoms with Crippen molar-refractivity contribution in [3.8, 4) is 0 Å². The molecule has 3 rings (SSSR count). The molecule has 1 aliphatic carbocycles. The first kappa shape index (κ1) is 15.5. The number of sulfonamides is 1. The molecule has 122 valence electrons. The van der Waals surface area contributed by atoms with E-state index in [1.807, 2.05) is 6.07 Å². The van der Waals surface area contributed by atoms with Crippen molar-refractivity contribution in [2.75, 3.05) is 24.2 Å². The number of nitrogens with zero attached hydrogens (tertiary/aromatic N) is 2. The summed E-state index contributed by atoms with van der Waals surface area (Å²) in [4.78, 5) is 12.3. The predicted octanol–water partition coefficient (Wildman–Crippen LogP) is 1.29. The number of piperidine rings is 1. The highest BCUT2D eigenvalue weighted by molar-refractivity contribution is 7.89. The van der Waals surface area contributed by atoms with Crippen LogP contribution in [0.5, 0.6) is 0 Å². The number of carbonyl (C=O) groups excluding carboxylic acids is 1. The molecular weight excluding hydrogens is 304 g/mol. The van der Waals surface area contributed by atoms with E-state index >= 15 is 0 Å². The minimum atomic E-state index is -3.14. The topological polar surface area (TPSA) is 95.2 Å². The van der Waals surface area contributed by atoms with Crippen molar-refractivity contribution in [1.29, 1.82) is 0 Å². The Bertz CT molecular complexity index is 643. The number of rotatable bonds is 5. The summed E-state index contributed by atoms with van der Waals surface area (Å²) < 4.78 is 25.1. The van der Waals surface area contributed by atoms with E-state index < -0.39 is 10.0 Å². The number of aromatic nitrogens is 2. The highest BCUT2D eigenvalue weighted by Gasteiger charge is 2.31. The van der Waals surface area contributed by atoms with Crippen LogP contribution in [0.4, 0.5) is 5.82 Å². The first-order valence-electron chi connectivity index (χ1n) is 7.83. The molecule has 1 saturated carbocycles. The Balaban J connectivity index is 1.53. The van der Waals surface area contributed by atoms with Gasteiger partial charge in [-0.3, -0.25) is 9.89 Å². The highest BCUT2D eigenvalue weighted by atomic mass is 32.2. The van der Waals surface area contributed by atoms with E-state index in [1.165, 1.54) is 17.1 Å². The first-order valence-corrected chi connectivity index (χ1v) is 9.44. The van der Waals surface area contributed by atoms with Crippen LogP contribution in [0.1, 0.15) is 44.2 Å². The third-order valence-corrected chi connectivity index (χ3v) is 6.33. The Morgan fingerprint density at radius 1 is 1.36 bits per heavy atom. The number of hydrogen-bond acceptors (Lipinski definition) is 4. The second-order valence-corrected chi connectivity index (χ2v) is 8.30. The fraction of sp³-hybridized carbons (Fsp3) is 0.714. The average Bonchev–Trinajstić information content (AvgIpc) is 3.27. The molecule has 0 atom stereocenters. The lowest BCUT2D eigenvalue weighted by molar-refractivity contribution is -0.120. The van der Waals surface area contributed by atoms with Crippen LogP contribution in [0.3, 0.4) is 0 Å². The zero-order valence-corrected chi connectivity index (χ0v) is 13.5. The number of amides is 1. The van der Waals surface area contributed by atoms with Crippen LogP contribution in [0, 0.1) is 5.92 Å². The smallest absolute Gasteiger partial charge is 0.228 e. The number of carbonyl (C=O) groups is 1. The minimum Gasteiger partial charge on any atom is -0.309 e. The molecule has 0 aromatic carbocycles. The Hall–Kier alpha value is -1.41. The van der Waals surface area contributed by atoms with Gasteiger partial charge in [-0.2, -0.15) is 5.10 Å². The molecule has 8 heteroatoms. The second-order valence-electron chi connectivity index (χ2n) is 6.05. The maximum Gasteiger partial charge on any atom is 0.228 e. The molecule has 2 fully saturated rings. The van der Waals surface area contributed by atoms with Gasteiger partial charge in [-0.25, -0.2) is 12.7 Å². The van der Waals surface area contributed by atoms with Crippen molar-refractivity contribution in [3.05, 3.63) is 11.8 Å². The standard InChI is InChI=1S/C14H22N4O3S/c1-2-22(20,21)18-7-5-11(6-8-18)14(19)15-13-9-12(16-17-13)10-3-4-10/h9-11H,2-8H2,1H3,(H2,15,16,17,19). The quantitative estimate of drug-likeness (QED) is 0.852. The van der Waals surface area contributed by atoms with E-state index in [2.05, 4.69) is 15.5 Å². The Kier molecular flexibility index (Phi) is 4.22. The molecule has 2 N–H and O–H groups in total. The first-order chi connectivity index (χ1) is 10.5. The van der Waals surface area contributed by atoms with Crippen molar-refractivity contribution in [2.45, 2.75) is 38.5 Å². The normalized spacial score (nSPS) is 21.0. The van der Waals surface area contributed by atoms with Gasteiger partial charge >= 0.3 is 0 Å². The zero-order chi connectivity index (χ0) is 15.7. The van der Waals surface area contributed by atoms with E-state index in [0.29, 0.717) is 37.7 Å². The van der Waals surface area contributed by atoms with Crippen LogP contribution in [-0.4, -0.2) is 47.7 Å². The van der Waals surface area contributed by atoms with Gasteiger partial charge in [0.05, 0.1) is 5.75 Å². The summed E-state index contributed by atoms with van der Waals surface area (Å²) in [6.45, 7) is 2.48. The van der Waals surface area contributed by atoms with E-state index in [1.54, 1.807) is 6.92 Å². The monoisotopic (exact) mass is 326 g/mol. The number of nitrogens with one attached hydrogen (secondary N) is 2. The van der Waals surface area contributed by atoms with Crippen LogP contribution < -0.4 is 5.32 Å². The fourth-order valence-corrected chi connectivity index (χ4v) is 3.94. The van der Waals surface area contributed by atoms with E-state index in [0.717, 1.165) is 5.69 Å². The number of hydrogen-bond donors (Lipinski definition) is 2. The SMILES string of the molecule is CCS(=O)(=O)N1CCC(C(=O)Nc2cc(C3CC3)[nH]n2)CC1. The van der Waals surface area contributed by atoms with Gasteiger partial charge in [-0.15, -0.1) is 0 Å². The molecule has 2 aliphatic rings. The van der Waals surface area contributed by atoms with E-state index in [9.17, 15) is 13.2 Å². The van der Waals surface area contributed by atoms with Gasteiger partial charge < -0.3 is 5.32 Å². The van der Waals surface area contributed by atoms with Gasteiger partial charge in [0.2, 0.25) is 15.9 Å². The van der Waals surface area contributed by atoms with Gasteiger partial charge in [0.15, 0.2) is 5.82 Å². The van der Waals surface area contributed by atoms with Gasteiger partial charge in [0, 0.05) is 36.7 Å². The lowest BCUT2D eigenvalue weighted by Gasteiger charge is -2.30. The predicted molar refractivity (Wildman–Crippen MR) is 83.0 cm³/mol. The third kappa shape index (κ3) is 3.33. The molecule has 1 amide bonds.